The Hall–Kier alpha value is -1.50. The second-order valence-corrected chi connectivity index (χ2v) is 3.91. The van der Waals surface area contributed by atoms with Gasteiger partial charge in [0, 0.05) is 5.69 Å². The van der Waals surface area contributed by atoms with E-state index in [0.29, 0.717) is 21.7 Å². The van der Waals surface area contributed by atoms with E-state index < -0.39 is 6.08 Å². The molecule has 1 N–H and O–H groups in total. The maximum absolute atomic E-state index is 12.9. The van der Waals surface area contributed by atoms with Crippen molar-refractivity contribution in [3.05, 3.63) is 23.7 Å². The summed E-state index contributed by atoms with van der Waals surface area (Å²) >= 11 is 1.19. The molecule has 0 saturated carbocycles. The van der Waals surface area contributed by atoms with Crippen molar-refractivity contribution in [2.24, 2.45) is 0 Å². The molecule has 0 bridgehead atoms. The maximum atomic E-state index is 12.9. The van der Waals surface area contributed by atoms with Crippen molar-refractivity contribution in [2.75, 3.05) is 0 Å². The van der Waals surface area contributed by atoms with Crippen LogP contribution in [0.15, 0.2) is 16.2 Å². The van der Waals surface area contributed by atoms with Crippen molar-refractivity contribution in [1.29, 1.82) is 0 Å². The van der Waals surface area contributed by atoms with Crippen LogP contribution in [0.5, 0.6) is 0 Å². The molecule has 0 amide bonds. The lowest BCUT2D eigenvalue weighted by atomic mass is 10.5. The molecule has 0 saturated heterocycles. The highest BCUT2D eigenvalue weighted by molar-refractivity contribution is 7.99. The predicted octanol–water partition coefficient (Wildman–Crippen LogP) is 1.50. The van der Waals surface area contributed by atoms with Crippen LogP contribution in [0.4, 0.5) is 4.39 Å². The van der Waals surface area contributed by atoms with E-state index >= 15 is 0 Å². The van der Waals surface area contributed by atoms with E-state index in [4.69, 9.17) is 0 Å². The van der Waals surface area contributed by atoms with Crippen LogP contribution in [0.1, 0.15) is 11.5 Å². The molecule has 0 aliphatic rings. The molecule has 15 heavy (non-hydrogen) atoms. The number of hydrogen-bond donors (Lipinski definition) is 1. The highest BCUT2D eigenvalue weighted by atomic mass is 32.2. The third kappa shape index (κ3) is 2.50. The predicted molar refractivity (Wildman–Crippen MR) is 52.0 cm³/mol. The van der Waals surface area contributed by atoms with Crippen LogP contribution in [-0.2, 0) is 0 Å². The Balaban J connectivity index is 2.24. The summed E-state index contributed by atoms with van der Waals surface area (Å²) in [6, 6.07) is 1.68. The molecule has 2 aromatic heterocycles. The summed E-state index contributed by atoms with van der Waals surface area (Å²) in [5.74, 6) is 0.712. The van der Waals surface area contributed by atoms with Crippen LogP contribution in [0.25, 0.3) is 0 Å². The van der Waals surface area contributed by atoms with Crippen molar-refractivity contribution in [3.63, 3.8) is 0 Å². The summed E-state index contributed by atoms with van der Waals surface area (Å²) in [6.07, 6.45) is -0.732. The summed E-state index contributed by atoms with van der Waals surface area (Å²) in [7, 11) is 0. The Morgan fingerprint density at radius 3 is 2.67 bits per heavy atom. The number of aryl methyl sites for hydroxylation is 2. The van der Waals surface area contributed by atoms with Gasteiger partial charge >= 0.3 is 6.08 Å². The standard InChI is InChI=1S/C8H8FN5S/c1-4-3-6(12-7(9)10-4)15-8-11-5(2)13-14-8/h3H,1-2H3,(H,11,13,14). The summed E-state index contributed by atoms with van der Waals surface area (Å²) in [5, 5.41) is 7.63. The van der Waals surface area contributed by atoms with Crippen LogP contribution >= 0.6 is 11.8 Å². The topological polar surface area (TPSA) is 67.3 Å². The summed E-state index contributed by atoms with van der Waals surface area (Å²) in [6.45, 7) is 3.50. The summed E-state index contributed by atoms with van der Waals surface area (Å²) < 4.78 is 12.9. The van der Waals surface area contributed by atoms with E-state index in [1.807, 2.05) is 0 Å². The quantitative estimate of drug-likeness (QED) is 0.619. The molecule has 2 rings (SSSR count). The van der Waals surface area contributed by atoms with Gasteiger partial charge in [-0.25, -0.2) is 9.97 Å². The fraction of sp³-hybridized carbons (Fsp3) is 0.250. The van der Waals surface area contributed by atoms with Gasteiger partial charge in [0.05, 0.1) is 0 Å². The van der Waals surface area contributed by atoms with Gasteiger partial charge in [-0.15, -0.1) is 5.10 Å². The molecule has 0 aliphatic carbocycles. The fourth-order valence-corrected chi connectivity index (χ4v) is 1.83. The van der Waals surface area contributed by atoms with Gasteiger partial charge in [0.15, 0.2) is 0 Å². The molecular formula is C8H8FN5S. The molecule has 0 fully saturated rings. The van der Waals surface area contributed by atoms with E-state index in [1.54, 1.807) is 19.9 Å². The highest BCUT2D eigenvalue weighted by Crippen LogP contribution is 2.22. The zero-order valence-electron chi connectivity index (χ0n) is 8.15. The maximum Gasteiger partial charge on any atom is 0.309 e. The lowest BCUT2D eigenvalue weighted by Crippen LogP contribution is -1.93. The van der Waals surface area contributed by atoms with E-state index in [1.165, 1.54) is 11.8 Å². The van der Waals surface area contributed by atoms with E-state index in [-0.39, 0.29) is 0 Å². The van der Waals surface area contributed by atoms with Crippen molar-refractivity contribution in [2.45, 2.75) is 24.0 Å². The highest BCUT2D eigenvalue weighted by Gasteiger charge is 2.06. The normalized spacial score (nSPS) is 10.6. The van der Waals surface area contributed by atoms with E-state index in [2.05, 4.69) is 25.1 Å². The number of nitrogens with zero attached hydrogens (tertiary/aromatic N) is 4. The first-order chi connectivity index (χ1) is 7.13. The first-order valence-corrected chi connectivity index (χ1v) is 5.03. The minimum Gasteiger partial charge on any atom is -0.262 e. The third-order valence-corrected chi connectivity index (χ3v) is 2.36. The van der Waals surface area contributed by atoms with Crippen LogP contribution < -0.4 is 0 Å². The number of hydrogen-bond acceptors (Lipinski definition) is 5. The number of aromatic amines is 1. The Morgan fingerprint density at radius 1 is 1.27 bits per heavy atom. The Bertz CT molecular complexity index is 463. The monoisotopic (exact) mass is 225 g/mol. The second kappa shape index (κ2) is 3.93. The number of halogens is 1. The summed E-state index contributed by atoms with van der Waals surface area (Å²) in [5.41, 5.74) is 0.581. The lowest BCUT2D eigenvalue weighted by molar-refractivity contribution is 0.523. The summed E-state index contributed by atoms with van der Waals surface area (Å²) in [4.78, 5) is 11.2. The van der Waals surface area contributed by atoms with E-state index in [9.17, 15) is 4.39 Å². The first-order valence-electron chi connectivity index (χ1n) is 4.21. The zero-order valence-corrected chi connectivity index (χ0v) is 8.97. The van der Waals surface area contributed by atoms with Crippen molar-refractivity contribution < 1.29 is 4.39 Å². The zero-order chi connectivity index (χ0) is 10.8. The molecule has 0 aliphatic heterocycles. The molecule has 0 radical (unpaired) electrons. The van der Waals surface area contributed by atoms with Gasteiger partial charge in [0.2, 0.25) is 5.16 Å². The van der Waals surface area contributed by atoms with Crippen LogP contribution in [0.2, 0.25) is 0 Å². The van der Waals surface area contributed by atoms with Gasteiger partial charge in [-0.1, -0.05) is 0 Å². The molecule has 0 spiro atoms. The lowest BCUT2D eigenvalue weighted by Gasteiger charge is -1.97. The van der Waals surface area contributed by atoms with Gasteiger partial charge in [0.25, 0.3) is 0 Å². The Labute approximate surface area is 89.6 Å². The minimum atomic E-state index is -0.732. The number of nitrogens with one attached hydrogen (secondary N) is 1. The molecule has 0 unspecified atom stereocenters. The Kier molecular flexibility index (Phi) is 2.63. The van der Waals surface area contributed by atoms with Crippen LogP contribution in [-0.4, -0.2) is 25.1 Å². The first kappa shape index (κ1) is 10.0. The van der Waals surface area contributed by atoms with E-state index in [0.717, 1.165) is 0 Å². The number of aromatic nitrogens is 5. The molecule has 0 aromatic carbocycles. The number of rotatable bonds is 2. The van der Waals surface area contributed by atoms with Gasteiger partial charge in [0.1, 0.15) is 10.9 Å². The average molecular weight is 225 g/mol. The average Bonchev–Trinajstić information content (AvgIpc) is 2.49. The second-order valence-electron chi connectivity index (χ2n) is 2.92. The van der Waals surface area contributed by atoms with Gasteiger partial charge < -0.3 is 0 Å². The van der Waals surface area contributed by atoms with Crippen molar-refractivity contribution in [3.8, 4) is 0 Å². The third-order valence-electron chi connectivity index (χ3n) is 1.58. The molecule has 78 valence electrons. The largest absolute Gasteiger partial charge is 0.309 e. The molecule has 5 nitrogen and oxygen atoms in total. The molecule has 7 heteroatoms. The fourth-order valence-electron chi connectivity index (χ4n) is 1.02. The number of H-pyrrole nitrogens is 1. The molecule has 2 aromatic rings. The van der Waals surface area contributed by atoms with Gasteiger partial charge in [-0.2, -0.15) is 9.37 Å². The van der Waals surface area contributed by atoms with Crippen LogP contribution in [0.3, 0.4) is 0 Å². The molecule has 0 atom stereocenters. The smallest absolute Gasteiger partial charge is 0.262 e. The Morgan fingerprint density at radius 2 is 2.07 bits per heavy atom. The van der Waals surface area contributed by atoms with Crippen molar-refractivity contribution in [1.82, 2.24) is 25.1 Å². The molecule has 2 heterocycles. The van der Waals surface area contributed by atoms with Gasteiger partial charge in [-0.3, -0.25) is 5.10 Å². The van der Waals surface area contributed by atoms with Gasteiger partial charge in [-0.05, 0) is 31.7 Å². The SMILES string of the molecule is Cc1cc(Sc2n[nH]c(C)n2)nc(F)n1. The minimum absolute atomic E-state index is 0.499. The van der Waals surface area contributed by atoms with Crippen molar-refractivity contribution >= 4 is 11.8 Å². The molecular weight excluding hydrogens is 217 g/mol. The van der Waals surface area contributed by atoms with Crippen LogP contribution in [0, 0.1) is 19.9 Å².